The highest BCUT2D eigenvalue weighted by atomic mass is 16.6. The van der Waals surface area contributed by atoms with Crippen molar-refractivity contribution >= 4 is 11.9 Å². The summed E-state index contributed by atoms with van der Waals surface area (Å²) in [6, 6.07) is 10.2. The average Bonchev–Trinajstić information content (AvgIpc) is 2.96. The lowest BCUT2D eigenvalue weighted by molar-refractivity contribution is -0.142. The van der Waals surface area contributed by atoms with Crippen LogP contribution < -0.4 is 0 Å². The zero-order chi connectivity index (χ0) is 16.9. The standard InChI is InChI=1S/C19H23NO4/c1-23-18(21)9-5-8-15-12-20(11-14-6-3-2-4-7-14)13-17-16(15)10-19(22)24-17/h2-4,6-7,12,16-17H,5,8-11,13H2,1H3/t16-,17+/m1/s1. The van der Waals surface area contributed by atoms with Crippen LogP contribution in [0.2, 0.25) is 0 Å². The van der Waals surface area contributed by atoms with E-state index in [1.807, 2.05) is 18.2 Å². The summed E-state index contributed by atoms with van der Waals surface area (Å²) >= 11 is 0. The number of carbonyl (C=O) groups is 2. The number of methoxy groups -OCH3 is 1. The van der Waals surface area contributed by atoms with Gasteiger partial charge in [-0.05, 0) is 30.2 Å². The van der Waals surface area contributed by atoms with Gasteiger partial charge in [0, 0.05) is 18.9 Å². The second-order valence-electron chi connectivity index (χ2n) is 6.39. The molecule has 1 saturated heterocycles. The van der Waals surface area contributed by atoms with Crippen molar-refractivity contribution < 1.29 is 19.1 Å². The van der Waals surface area contributed by atoms with E-state index in [4.69, 9.17) is 9.47 Å². The Labute approximate surface area is 142 Å². The van der Waals surface area contributed by atoms with Crippen molar-refractivity contribution in [3.8, 4) is 0 Å². The molecule has 1 fully saturated rings. The molecule has 0 spiro atoms. The zero-order valence-corrected chi connectivity index (χ0v) is 13.9. The molecule has 1 aromatic carbocycles. The van der Waals surface area contributed by atoms with Crippen LogP contribution in [0.4, 0.5) is 0 Å². The Hall–Kier alpha value is -2.30. The highest BCUT2D eigenvalue weighted by Gasteiger charge is 2.40. The maximum absolute atomic E-state index is 11.7. The van der Waals surface area contributed by atoms with Gasteiger partial charge in [0.15, 0.2) is 0 Å². The number of nitrogens with zero attached hydrogens (tertiary/aromatic N) is 1. The Morgan fingerprint density at radius 1 is 1.33 bits per heavy atom. The Morgan fingerprint density at radius 3 is 2.88 bits per heavy atom. The van der Waals surface area contributed by atoms with Gasteiger partial charge in [0.25, 0.3) is 0 Å². The summed E-state index contributed by atoms with van der Waals surface area (Å²) in [5, 5.41) is 0. The zero-order valence-electron chi connectivity index (χ0n) is 13.9. The summed E-state index contributed by atoms with van der Waals surface area (Å²) in [5.41, 5.74) is 2.43. The molecule has 0 aromatic heterocycles. The van der Waals surface area contributed by atoms with Gasteiger partial charge in [0.1, 0.15) is 6.10 Å². The number of hydrogen-bond acceptors (Lipinski definition) is 5. The van der Waals surface area contributed by atoms with E-state index in [2.05, 4.69) is 23.2 Å². The van der Waals surface area contributed by atoms with E-state index in [9.17, 15) is 9.59 Å². The molecule has 2 aliphatic heterocycles. The van der Waals surface area contributed by atoms with Gasteiger partial charge in [-0.3, -0.25) is 9.59 Å². The second-order valence-corrected chi connectivity index (χ2v) is 6.39. The molecule has 0 amide bonds. The minimum atomic E-state index is -0.192. The smallest absolute Gasteiger partial charge is 0.306 e. The topological polar surface area (TPSA) is 55.8 Å². The number of benzene rings is 1. The predicted molar refractivity (Wildman–Crippen MR) is 88.8 cm³/mol. The first kappa shape index (κ1) is 16.6. The quantitative estimate of drug-likeness (QED) is 0.751. The first-order valence-corrected chi connectivity index (χ1v) is 8.40. The van der Waals surface area contributed by atoms with Gasteiger partial charge in [-0.1, -0.05) is 30.3 Å². The minimum Gasteiger partial charge on any atom is -0.469 e. The molecule has 5 nitrogen and oxygen atoms in total. The fourth-order valence-corrected chi connectivity index (χ4v) is 3.48. The molecule has 2 heterocycles. The summed E-state index contributed by atoms with van der Waals surface area (Å²) < 4.78 is 10.2. The molecule has 3 rings (SSSR count). The molecule has 24 heavy (non-hydrogen) atoms. The molecule has 0 bridgehead atoms. The summed E-state index contributed by atoms with van der Waals surface area (Å²) in [7, 11) is 1.41. The monoisotopic (exact) mass is 329 g/mol. The molecule has 0 unspecified atom stereocenters. The van der Waals surface area contributed by atoms with Gasteiger partial charge in [0.05, 0.1) is 20.1 Å². The van der Waals surface area contributed by atoms with Crippen molar-refractivity contribution in [3.05, 3.63) is 47.7 Å². The molecular weight excluding hydrogens is 306 g/mol. The predicted octanol–water partition coefficient (Wildman–Crippen LogP) is 2.66. The maximum atomic E-state index is 11.7. The van der Waals surface area contributed by atoms with Gasteiger partial charge in [-0.2, -0.15) is 0 Å². The fourth-order valence-electron chi connectivity index (χ4n) is 3.48. The van der Waals surface area contributed by atoms with Crippen LogP contribution in [0.1, 0.15) is 31.2 Å². The summed E-state index contributed by atoms with van der Waals surface area (Å²) in [6.07, 6.45) is 4.46. The number of esters is 2. The van der Waals surface area contributed by atoms with Gasteiger partial charge >= 0.3 is 11.9 Å². The molecule has 2 aliphatic rings. The van der Waals surface area contributed by atoms with Crippen molar-refractivity contribution in [2.75, 3.05) is 13.7 Å². The van der Waals surface area contributed by atoms with E-state index in [0.29, 0.717) is 12.8 Å². The molecule has 1 aromatic rings. The van der Waals surface area contributed by atoms with Crippen molar-refractivity contribution in [2.24, 2.45) is 5.92 Å². The average molecular weight is 329 g/mol. The highest BCUT2D eigenvalue weighted by molar-refractivity contribution is 5.73. The summed E-state index contributed by atoms with van der Waals surface area (Å²) in [6.45, 7) is 1.52. The first-order valence-electron chi connectivity index (χ1n) is 8.40. The Balaban J connectivity index is 1.69. The lowest BCUT2D eigenvalue weighted by Gasteiger charge is -2.34. The number of ether oxygens (including phenoxy) is 2. The SMILES string of the molecule is COC(=O)CCCC1=CN(Cc2ccccc2)C[C@@H]2OC(=O)C[C@H]12. The van der Waals surface area contributed by atoms with E-state index in [-0.39, 0.29) is 24.0 Å². The van der Waals surface area contributed by atoms with Gasteiger partial charge < -0.3 is 14.4 Å². The van der Waals surface area contributed by atoms with Crippen LogP contribution in [0.5, 0.6) is 0 Å². The summed E-state index contributed by atoms with van der Waals surface area (Å²) in [4.78, 5) is 25.2. The summed E-state index contributed by atoms with van der Waals surface area (Å²) in [5.74, 6) is -0.157. The van der Waals surface area contributed by atoms with E-state index in [1.54, 1.807) is 0 Å². The Kier molecular flexibility index (Phi) is 5.18. The number of fused-ring (bicyclic) bond motifs is 1. The fraction of sp³-hybridized carbons (Fsp3) is 0.474. The van der Waals surface area contributed by atoms with Crippen LogP contribution in [0.15, 0.2) is 42.1 Å². The number of carbonyl (C=O) groups excluding carboxylic acids is 2. The van der Waals surface area contributed by atoms with Crippen LogP contribution in [-0.2, 0) is 25.6 Å². The van der Waals surface area contributed by atoms with Crippen molar-refractivity contribution in [1.29, 1.82) is 0 Å². The molecule has 0 saturated carbocycles. The molecule has 128 valence electrons. The van der Waals surface area contributed by atoms with Crippen LogP contribution in [0.25, 0.3) is 0 Å². The van der Waals surface area contributed by atoms with Crippen LogP contribution in [0.3, 0.4) is 0 Å². The normalized spacial score (nSPS) is 22.6. The van der Waals surface area contributed by atoms with Crippen LogP contribution >= 0.6 is 0 Å². The molecular formula is C19H23NO4. The molecule has 0 aliphatic carbocycles. The minimum absolute atomic E-state index is 0.0701. The third-order valence-corrected chi connectivity index (χ3v) is 4.66. The Bertz CT molecular complexity index is 626. The van der Waals surface area contributed by atoms with Gasteiger partial charge in [-0.25, -0.2) is 0 Å². The highest BCUT2D eigenvalue weighted by Crippen LogP contribution is 2.36. The second kappa shape index (κ2) is 7.51. The number of hydrogen-bond donors (Lipinski definition) is 0. The lowest BCUT2D eigenvalue weighted by Crippen LogP contribution is -2.37. The van der Waals surface area contributed by atoms with Gasteiger partial charge in [0.2, 0.25) is 0 Å². The lowest BCUT2D eigenvalue weighted by atomic mass is 9.86. The van der Waals surface area contributed by atoms with Crippen molar-refractivity contribution in [2.45, 2.75) is 38.3 Å². The Morgan fingerprint density at radius 2 is 2.12 bits per heavy atom. The third kappa shape index (κ3) is 3.96. The van der Waals surface area contributed by atoms with E-state index >= 15 is 0 Å². The van der Waals surface area contributed by atoms with E-state index in [1.165, 1.54) is 18.2 Å². The van der Waals surface area contributed by atoms with E-state index < -0.39 is 0 Å². The maximum Gasteiger partial charge on any atom is 0.306 e. The molecule has 5 heteroatoms. The van der Waals surface area contributed by atoms with Crippen LogP contribution in [0, 0.1) is 5.92 Å². The van der Waals surface area contributed by atoms with Crippen LogP contribution in [-0.4, -0.2) is 36.6 Å². The molecule has 2 atom stereocenters. The molecule has 0 N–H and O–H groups in total. The molecule has 0 radical (unpaired) electrons. The van der Waals surface area contributed by atoms with Crippen molar-refractivity contribution in [1.82, 2.24) is 4.90 Å². The van der Waals surface area contributed by atoms with Crippen molar-refractivity contribution in [3.63, 3.8) is 0 Å². The van der Waals surface area contributed by atoms with Gasteiger partial charge in [-0.15, -0.1) is 0 Å². The van der Waals surface area contributed by atoms with E-state index in [0.717, 1.165) is 25.9 Å². The number of rotatable bonds is 6. The first-order chi connectivity index (χ1) is 11.7. The largest absolute Gasteiger partial charge is 0.469 e. The third-order valence-electron chi connectivity index (χ3n) is 4.66.